The molecular formula is C27H37ClFN5O4. The van der Waals surface area contributed by atoms with Gasteiger partial charge in [0.2, 0.25) is 0 Å². The van der Waals surface area contributed by atoms with Crippen LogP contribution in [0.1, 0.15) is 65.1 Å². The number of carboxylic acid groups (broad SMARTS) is 1. The Labute approximate surface area is 228 Å². The summed E-state index contributed by atoms with van der Waals surface area (Å²) < 4.78 is 14.9. The van der Waals surface area contributed by atoms with Gasteiger partial charge in [0.25, 0.3) is 11.8 Å². The van der Waals surface area contributed by atoms with Gasteiger partial charge < -0.3 is 26.0 Å². The smallest absolute Gasteiger partial charge is 0.419 e. The van der Waals surface area contributed by atoms with E-state index in [4.69, 9.17) is 5.73 Å². The van der Waals surface area contributed by atoms with Crippen molar-refractivity contribution in [3.05, 3.63) is 51.6 Å². The molecule has 2 heterocycles. The Morgan fingerprint density at radius 2 is 1.89 bits per heavy atom. The van der Waals surface area contributed by atoms with Crippen LogP contribution >= 0.6 is 12.4 Å². The summed E-state index contributed by atoms with van der Waals surface area (Å²) in [5.41, 5.74) is 8.53. The Bertz CT molecular complexity index is 1220. The van der Waals surface area contributed by atoms with E-state index in [1.165, 1.54) is 18.2 Å². The van der Waals surface area contributed by atoms with Gasteiger partial charge in [0.15, 0.2) is 0 Å². The molecule has 1 aliphatic heterocycles. The number of aromatic nitrogens is 1. The van der Waals surface area contributed by atoms with Crippen LogP contribution in [-0.2, 0) is 11.2 Å². The number of rotatable bonds is 11. The van der Waals surface area contributed by atoms with E-state index in [0.717, 1.165) is 19.6 Å². The normalized spacial score (nSPS) is 13.7. The number of nitrogens with zero attached hydrogens (tertiary/aromatic N) is 2. The number of nitrogens with one attached hydrogen (secondary N) is 2. The van der Waals surface area contributed by atoms with Crippen LogP contribution < -0.4 is 16.0 Å². The minimum atomic E-state index is -1.44. The first-order valence-corrected chi connectivity index (χ1v) is 12.7. The van der Waals surface area contributed by atoms with Gasteiger partial charge in [-0.1, -0.05) is 13.8 Å². The lowest BCUT2D eigenvalue weighted by atomic mass is 9.95. The Hall–Kier alpha value is -3.21. The fourth-order valence-electron chi connectivity index (χ4n) is 4.81. The summed E-state index contributed by atoms with van der Waals surface area (Å²) in [6, 6.07) is 2.50. The number of unbranched alkanes of at least 4 members (excludes halogenated alkanes) is 1. The van der Waals surface area contributed by atoms with E-state index >= 15 is 0 Å². The minimum absolute atomic E-state index is 0. The topological polar surface area (TPSA) is 132 Å². The number of aromatic amines is 1. The molecule has 208 valence electrons. The predicted molar refractivity (Wildman–Crippen MR) is 149 cm³/mol. The number of carbonyl (C=O) groups excluding carboxylic acids is 2. The van der Waals surface area contributed by atoms with E-state index in [-0.39, 0.29) is 40.7 Å². The molecule has 3 rings (SSSR count). The average Bonchev–Trinajstić information content (AvgIpc) is 3.30. The van der Waals surface area contributed by atoms with Crippen LogP contribution in [0.4, 0.5) is 14.9 Å². The molecule has 0 fully saturated rings. The van der Waals surface area contributed by atoms with Crippen molar-refractivity contribution in [2.45, 2.75) is 47.0 Å². The standard InChI is InChI=1S/C27H36FN5O4.ClH/c1-5-32(6-2)14-13-30-25(34)23-16(3)21(31-17(23)4)15-19-24-18(9-7-8-12-29)20(28)10-11-22(24)33(26(19)35)27(36)37;/h10-11,15,31H,5-9,12-14,29H2,1-4H3,(H,30,34)(H,36,37);1H. The van der Waals surface area contributed by atoms with Crippen LogP contribution in [0.2, 0.25) is 0 Å². The second-order valence-electron chi connectivity index (χ2n) is 9.09. The zero-order chi connectivity index (χ0) is 27.3. The number of likely N-dealkylation sites (N-methyl/N-ethyl adjacent to an activating group) is 1. The fraction of sp³-hybridized carbons (Fsp3) is 0.444. The molecular weight excluding hydrogens is 513 g/mol. The van der Waals surface area contributed by atoms with Crippen molar-refractivity contribution >= 4 is 47.7 Å². The van der Waals surface area contributed by atoms with Gasteiger partial charge in [-0.15, -0.1) is 12.4 Å². The van der Waals surface area contributed by atoms with Crippen LogP contribution in [-0.4, -0.2) is 65.6 Å². The maximum atomic E-state index is 14.9. The molecule has 2 aromatic rings. The number of aryl methyl sites for hydroxylation is 1. The van der Waals surface area contributed by atoms with E-state index in [1.807, 2.05) is 0 Å². The largest absolute Gasteiger partial charge is 0.464 e. The van der Waals surface area contributed by atoms with Crippen molar-refractivity contribution in [1.82, 2.24) is 15.2 Å². The van der Waals surface area contributed by atoms with Crippen LogP contribution in [0.15, 0.2) is 12.1 Å². The summed E-state index contributed by atoms with van der Waals surface area (Å²) in [4.78, 5) is 44.1. The van der Waals surface area contributed by atoms with Gasteiger partial charge in [-0.05, 0) is 82.1 Å². The van der Waals surface area contributed by atoms with Gasteiger partial charge in [-0.3, -0.25) is 9.59 Å². The van der Waals surface area contributed by atoms with Crippen LogP contribution in [0.3, 0.4) is 0 Å². The molecule has 1 aliphatic rings. The summed E-state index contributed by atoms with van der Waals surface area (Å²) in [6.07, 6.45) is 1.65. The third kappa shape index (κ3) is 6.25. The average molecular weight is 550 g/mol. The lowest BCUT2D eigenvalue weighted by molar-refractivity contribution is -0.112. The summed E-state index contributed by atoms with van der Waals surface area (Å²) >= 11 is 0. The Morgan fingerprint density at radius 3 is 2.50 bits per heavy atom. The minimum Gasteiger partial charge on any atom is -0.464 e. The quantitative estimate of drug-likeness (QED) is 0.246. The molecule has 0 saturated carbocycles. The number of benzene rings is 1. The number of H-pyrrole nitrogens is 1. The van der Waals surface area contributed by atoms with Crippen molar-refractivity contribution in [3.63, 3.8) is 0 Å². The van der Waals surface area contributed by atoms with Gasteiger partial charge in [0.05, 0.1) is 16.8 Å². The van der Waals surface area contributed by atoms with Gasteiger partial charge in [0, 0.05) is 30.0 Å². The third-order valence-electron chi connectivity index (χ3n) is 6.85. The first-order chi connectivity index (χ1) is 17.7. The molecule has 3 amide bonds. The molecule has 9 nitrogen and oxygen atoms in total. The molecule has 0 radical (unpaired) electrons. The van der Waals surface area contributed by atoms with Crippen molar-refractivity contribution in [2.75, 3.05) is 37.6 Å². The van der Waals surface area contributed by atoms with E-state index in [9.17, 15) is 23.9 Å². The SMILES string of the molecule is CCN(CC)CCNC(=O)c1c(C)[nH]c(C=C2C(=O)N(C(=O)O)c3ccc(F)c(CCCCN)c32)c1C.Cl. The summed E-state index contributed by atoms with van der Waals surface area (Å²) in [5, 5.41) is 12.7. The molecule has 38 heavy (non-hydrogen) atoms. The lowest BCUT2D eigenvalue weighted by Gasteiger charge is -2.18. The molecule has 1 aromatic carbocycles. The van der Waals surface area contributed by atoms with Gasteiger partial charge >= 0.3 is 6.09 Å². The van der Waals surface area contributed by atoms with Crippen molar-refractivity contribution in [3.8, 4) is 0 Å². The van der Waals surface area contributed by atoms with Crippen LogP contribution in [0.25, 0.3) is 11.6 Å². The second kappa shape index (κ2) is 13.5. The first-order valence-electron chi connectivity index (χ1n) is 12.7. The number of carbonyl (C=O) groups is 3. The molecule has 11 heteroatoms. The highest BCUT2D eigenvalue weighted by Gasteiger charge is 2.39. The number of hydrogen-bond donors (Lipinski definition) is 4. The number of imide groups is 1. The van der Waals surface area contributed by atoms with E-state index < -0.39 is 17.8 Å². The third-order valence-corrected chi connectivity index (χ3v) is 6.85. The second-order valence-corrected chi connectivity index (χ2v) is 9.09. The van der Waals surface area contributed by atoms with Crippen LogP contribution in [0, 0.1) is 19.7 Å². The fourth-order valence-corrected chi connectivity index (χ4v) is 4.81. The molecule has 0 unspecified atom stereocenters. The monoisotopic (exact) mass is 549 g/mol. The number of amides is 3. The maximum absolute atomic E-state index is 14.9. The Kier molecular flexibility index (Phi) is 11.1. The zero-order valence-electron chi connectivity index (χ0n) is 22.3. The van der Waals surface area contributed by atoms with E-state index in [0.29, 0.717) is 59.8 Å². The molecule has 5 N–H and O–H groups in total. The highest BCUT2D eigenvalue weighted by atomic mass is 35.5. The lowest BCUT2D eigenvalue weighted by Crippen LogP contribution is -2.35. The highest BCUT2D eigenvalue weighted by molar-refractivity contribution is 6.41. The summed E-state index contributed by atoms with van der Waals surface area (Å²) in [6.45, 7) is 11.1. The van der Waals surface area contributed by atoms with Gasteiger partial charge in [0.1, 0.15) is 5.82 Å². The zero-order valence-corrected chi connectivity index (χ0v) is 23.1. The van der Waals surface area contributed by atoms with Crippen LogP contribution in [0.5, 0.6) is 0 Å². The number of hydrogen-bond acceptors (Lipinski definition) is 5. The van der Waals surface area contributed by atoms with Crippen molar-refractivity contribution in [2.24, 2.45) is 5.73 Å². The highest BCUT2D eigenvalue weighted by Crippen LogP contribution is 2.42. The predicted octanol–water partition coefficient (Wildman–Crippen LogP) is 4.11. The van der Waals surface area contributed by atoms with Crippen molar-refractivity contribution in [1.29, 1.82) is 0 Å². The molecule has 0 bridgehead atoms. The van der Waals surface area contributed by atoms with Gasteiger partial charge in [-0.25, -0.2) is 14.1 Å². The maximum Gasteiger partial charge on any atom is 0.419 e. The summed E-state index contributed by atoms with van der Waals surface area (Å²) in [5.74, 6) is -1.50. The molecule has 0 saturated heterocycles. The Balaban J connectivity index is 0.00000507. The summed E-state index contributed by atoms with van der Waals surface area (Å²) in [7, 11) is 0. The molecule has 1 aromatic heterocycles. The first kappa shape index (κ1) is 31.0. The number of fused-ring (bicyclic) bond motifs is 1. The number of nitrogens with two attached hydrogens (primary N) is 1. The molecule has 0 spiro atoms. The van der Waals surface area contributed by atoms with E-state index in [2.05, 4.69) is 29.0 Å². The Morgan fingerprint density at radius 1 is 1.21 bits per heavy atom. The van der Waals surface area contributed by atoms with E-state index in [1.54, 1.807) is 13.8 Å². The number of halogens is 2. The molecule has 0 atom stereocenters. The molecule has 0 aliphatic carbocycles. The number of anilines is 1. The van der Waals surface area contributed by atoms with Crippen molar-refractivity contribution < 1.29 is 23.9 Å². The van der Waals surface area contributed by atoms with Gasteiger partial charge in [-0.2, -0.15) is 0 Å².